The van der Waals surface area contributed by atoms with E-state index < -0.39 is 6.10 Å². The van der Waals surface area contributed by atoms with Crippen LogP contribution in [-0.4, -0.2) is 36.4 Å². The number of aliphatic hydroxyl groups is 1. The van der Waals surface area contributed by atoms with Gasteiger partial charge in [0.25, 0.3) is 0 Å². The first-order valence-corrected chi connectivity index (χ1v) is 30.4. The normalized spacial score (nSPS) is 12.2. The summed E-state index contributed by atoms with van der Waals surface area (Å²) in [6.07, 6.45) is 74.8. The molecule has 0 aromatic carbocycles. The van der Waals surface area contributed by atoms with Crippen molar-refractivity contribution >= 4 is 11.9 Å². The van der Waals surface area contributed by atoms with E-state index in [0.717, 1.165) is 44.9 Å². The minimum absolute atomic E-state index is 0.0644. The second-order valence-electron chi connectivity index (χ2n) is 20.8. The lowest BCUT2D eigenvalue weighted by molar-refractivity contribution is -0.161. The lowest BCUT2D eigenvalue weighted by atomic mass is 10.0. The molecule has 0 saturated heterocycles. The Labute approximate surface area is 419 Å². The molecule has 0 aromatic rings. The number of aliphatic hydroxyl groups excluding tert-OH is 1. The van der Waals surface area contributed by atoms with Gasteiger partial charge in [0, 0.05) is 12.8 Å². The molecular formula is C62H118O5. The molecule has 1 unspecified atom stereocenters. The van der Waals surface area contributed by atoms with Gasteiger partial charge in [-0.1, -0.05) is 289 Å². The highest BCUT2D eigenvalue weighted by Crippen LogP contribution is 2.18. The number of hydrogen-bond donors (Lipinski definition) is 1. The topological polar surface area (TPSA) is 72.8 Å². The zero-order valence-corrected chi connectivity index (χ0v) is 45.4. The van der Waals surface area contributed by atoms with E-state index in [2.05, 4.69) is 38.2 Å². The van der Waals surface area contributed by atoms with Gasteiger partial charge in [-0.05, 0) is 64.2 Å². The van der Waals surface area contributed by atoms with Crippen molar-refractivity contribution in [3.8, 4) is 0 Å². The van der Waals surface area contributed by atoms with E-state index in [9.17, 15) is 14.7 Å². The van der Waals surface area contributed by atoms with Crippen LogP contribution in [0.15, 0.2) is 24.3 Å². The minimum Gasteiger partial charge on any atom is -0.462 e. The Balaban J connectivity index is 3.37. The monoisotopic (exact) mass is 943 g/mol. The summed E-state index contributed by atoms with van der Waals surface area (Å²) in [6.45, 7) is 4.17. The molecule has 5 nitrogen and oxygen atoms in total. The summed E-state index contributed by atoms with van der Waals surface area (Å²) < 4.78 is 10.7. The van der Waals surface area contributed by atoms with Crippen molar-refractivity contribution in [3.63, 3.8) is 0 Å². The summed E-state index contributed by atoms with van der Waals surface area (Å²) in [5.41, 5.74) is 0. The number of hydrogen-bond acceptors (Lipinski definition) is 5. The Morgan fingerprint density at radius 3 is 0.806 bits per heavy atom. The molecule has 0 aliphatic carbocycles. The van der Waals surface area contributed by atoms with Crippen LogP contribution < -0.4 is 0 Å². The van der Waals surface area contributed by atoms with Crippen molar-refractivity contribution in [2.45, 2.75) is 347 Å². The van der Waals surface area contributed by atoms with E-state index in [0.29, 0.717) is 12.8 Å². The summed E-state index contributed by atoms with van der Waals surface area (Å²) in [6, 6.07) is 0. The Morgan fingerprint density at radius 2 is 0.552 bits per heavy atom. The standard InChI is InChI=1S/C62H118O5/c1-3-5-7-9-11-13-15-17-19-21-22-23-24-25-26-27-28-29-30-31-32-33-34-35-36-37-38-39-40-41-43-45-47-49-51-53-55-57-62(65)67-60(58-63)59-66-61(64)56-54-52-50-48-46-44-42-20-18-16-14-12-10-8-6-4-2/h20-22,42,60,63H,3-19,23-41,43-59H2,1-2H3/b22-21-,42-20-. The fourth-order valence-corrected chi connectivity index (χ4v) is 9.37. The van der Waals surface area contributed by atoms with Crippen LogP contribution in [0.5, 0.6) is 0 Å². The van der Waals surface area contributed by atoms with Crippen molar-refractivity contribution in [1.82, 2.24) is 0 Å². The fourth-order valence-electron chi connectivity index (χ4n) is 9.37. The van der Waals surface area contributed by atoms with Crippen LogP contribution in [0.2, 0.25) is 0 Å². The predicted molar refractivity (Wildman–Crippen MR) is 293 cm³/mol. The van der Waals surface area contributed by atoms with Gasteiger partial charge in [-0.3, -0.25) is 9.59 Å². The number of carbonyl (C=O) groups is 2. The summed E-state index contributed by atoms with van der Waals surface area (Å²) in [7, 11) is 0. The second kappa shape index (κ2) is 58.7. The van der Waals surface area contributed by atoms with Crippen molar-refractivity contribution in [1.29, 1.82) is 0 Å². The molecule has 67 heavy (non-hydrogen) atoms. The lowest BCUT2D eigenvalue weighted by Gasteiger charge is -2.15. The molecule has 0 aliphatic heterocycles. The van der Waals surface area contributed by atoms with E-state index in [1.54, 1.807) is 0 Å². The highest BCUT2D eigenvalue weighted by molar-refractivity contribution is 5.70. The van der Waals surface area contributed by atoms with E-state index in [4.69, 9.17) is 9.47 Å². The smallest absolute Gasteiger partial charge is 0.306 e. The van der Waals surface area contributed by atoms with Crippen molar-refractivity contribution in [3.05, 3.63) is 24.3 Å². The second-order valence-corrected chi connectivity index (χ2v) is 20.8. The lowest BCUT2D eigenvalue weighted by Crippen LogP contribution is -2.28. The van der Waals surface area contributed by atoms with E-state index in [-0.39, 0.29) is 25.2 Å². The first kappa shape index (κ1) is 65.4. The molecule has 0 aromatic heterocycles. The van der Waals surface area contributed by atoms with Crippen LogP contribution in [0.4, 0.5) is 0 Å². The predicted octanol–water partition coefficient (Wildman–Crippen LogP) is 20.5. The van der Waals surface area contributed by atoms with Gasteiger partial charge in [0.2, 0.25) is 0 Å². The summed E-state index contributed by atoms with van der Waals surface area (Å²) in [5, 5.41) is 9.64. The Morgan fingerprint density at radius 1 is 0.328 bits per heavy atom. The van der Waals surface area contributed by atoms with Crippen LogP contribution in [0.1, 0.15) is 341 Å². The SMILES string of the molecule is CCCCCCCCC/C=C\CCCCCCCC(=O)OCC(CO)OC(=O)CCCCCCCCCCCCCCCCCCCCCCCCCCC/C=C\CCCCCCCCCC. The summed E-state index contributed by atoms with van der Waals surface area (Å²) in [4.78, 5) is 24.5. The maximum absolute atomic E-state index is 12.3. The quantitative estimate of drug-likeness (QED) is 0.0374. The summed E-state index contributed by atoms with van der Waals surface area (Å²) >= 11 is 0. The average Bonchev–Trinajstić information content (AvgIpc) is 3.33. The van der Waals surface area contributed by atoms with Gasteiger partial charge in [-0.15, -0.1) is 0 Å². The molecule has 0 rings (SSSR count). The molecule has 0 saturated carbocycles. The van der Waals surface area contributed by atoms with Gasteiger partial charge in [-0.25, -0.2) is 0 Å². The first-order valence-electron chi connectivity index (χ1n) is 30.4. The van der Waals surface area contributed by atoms with Crippen LogP contribution in [0.3, 0.4) is 0 Å². The average molecular weight is 944 g/mol. The number of allylic oxidation sites excluding steroid dienone is 4. The molecule has 5 heteroatoms. The Hall–Kier alpha value is -1.62. The van der Waals surface area contributed by atoms with E-state index in [1.807, 2.05) is 0 Å². The zero-order chi connectivity index (χ0) is 48.5. The molecule has 0 heterocycles. The van der Waals surface area contributed by atoms with Gasteiger partial charge in [-0.2, -0.15) is 0 Å². The molecule has 0 spiro atoms. The van der Waals surface area contributed by atoms with Gasteiger partial charge < -0.3 is 14.6 Å². The zero-order valence-electron chi connectivity index (χ0n) is 45.4. The highest BCUT2D eigenvalue weighted by Gasteiger charge is 2.16. The van der Waals surface area contributed by atoms with Gasteiger partial charge in [0.1, 0.15) is 6.61 Å². The highest BCUT2D eigenvalue weighted by atomic mass is 16.6. The fraction of sp³-hybridized carbons (Fsp3) is 0.903. The minimum atomic E-state index is -0.771. The maximum Gasteiger partial charge on any atom is 0.306 e. The molecule has 1 N–H and O–H groups in total. The largest absolute Gasteiger partial charge is 0.462 e. The van der Waals surface area contributed by atoms with E-state index in [1.165, 1.54) is 270 Å². The van der Waals surface area contributed by atoms with Gasteiger partial charge in [0.15, 0.2) is 6.10 Å². The van der Waals surface area contributed by atoms with E-state index >= 15 is 0 Å². The van der Waals surface area contributed by atoms with Crippen LogP contribution >= 0.6 is 0 Å². The van der Waals surface area contributed by atoms with Gasteiger partial charge in [0.05, 0.1) is 6.61 Å². The molecule has 0 radical (unpaired) electrons. The molecule has 0 bridgehead atoms. The summed E-state index contributed by atoms with van der Waals surface area (Å²) in [5.74, 6) is -0.582. The Kier molecular flexibility index (Phi) is 57.3. The van der Waals surface area contributed by atoms with Crippen molar-refractivity contribution in [2.75, 3.05) is 13.2 Å². The molecule has 0 fully saturated rings. The number of rotatable bonds is 57. The van der Waals surface area contributed by atoms with Crippen molar-refractivity contribution in [2.24, 2.45) is 0 Å². The first-order chi connectivity index (χ1) is 33.1. The number of unbranched alkanes of at least 4 members (excludes halogenated alkanes) is 45. The van der Waals surface area contributed by atoms with Crippen LogP contribution in [-0.2, 0) is 19.1 Å². The molecule has 396 valence electrons. The van der Waals surface area contributed by atoms with Crippen LogP contribution in [0.25, 0.3) is 0 Å². The van der Waals surface area contributed by atoms with Gasteiger partial charge >= 0.3 is 11.9 Å². The molecule has 0 aliphatic rings. The number of carbonyl (C=O) groups excluding carboxylic acids is 2. The van der Waals surface area contributed by atoms with Crippen molar-refractivity contribution < 1.29 is 24.2 Å². The third kappa shape index (κ3) is 56.9. The maximum atomic E-state index is 12.3. The number of ether oxygens (including phenoxy) is 2. The molecular weight excluding hydrogens is 825 g/mol. The number of esters is 2. The molecule has 0 amide bonds. The third-order valence-electron chi connectivity index (χ3n) is 14.0. The van der Waals surface area contributed by atoms with Crippen LogP contribution in [0, 0.1) is 0 Å². The molecule has 1 atom stereocenters. The third-order valence-corrected chi connectivity index (χ3v) is 14.0. The Bertz CT molecular complexity index is 1020.